The van der Waals surface area contributed by atoms with E-state index in [1.54, 1.807) is 71.9 Å². The third-order valence-electron chi connectivity index (χ3n) is 12.5. The number of fused-ring (bicyclic) bond motifs is 5. The third-order valence-corrected chi connectivity index (χ3v) is 12.9. The fourth-order valence-corrected chi connectivity index (χ4v) is 9.01. The van der Waals surface area contributed by atoms with Crippen LogP contribution in [-0.4, -0.2) is 93.6 Å². The summed E-state index contributed by atoms with van der Waals surface area (Å²) < 4.78 is 24.7. The van der Waals surface area contributed by atoms with Gasteiger partial charge in [0.15, 0.2) is 5.78 Å². The molecule has 1 aromatic rings. The van der Waals surface area contributed by atoms with Gasteiger partial charge in [-0.2, -0.15) is 0 Å². The summed E-state index contributed by atoms with van der Waals surface area (Å²) in [5, 5.41) is 38.2. The Morgan fingerprint density at radius 1 is 1.02 bits per heavy atom. The van der Waals surface area contributed by atoms with Crippen LogP contribution in [0.25, 0.3) is 0 Å². The van der Waals surface area contributed by atoms with E-state index in [4.69, 9.17) is 18.9 Å². The molecule has 2 bridgehead atoms. The summed E-state index contributed by atoms with van der Waals surface area (Å²) in [6.45, 7) is 13.7. The number of aliphatic hydroxyl groups is 3. The van der Waals surface area contributed by atoms with Gasteiger partial charge in [0, 0.05) is 144 Å². The molecule has 4 aliphatic rings. The monoisotopic (exact) mass is 1400 g/mol. The molecule has 2 radical (unpaired) electrons. The molecule has 10 nitrogen and oxygen atoms in total. The maximum Gasteiger partial charge on any atom is 0.338 e. The number of carbonyl (C=O) groups is 3. The Bertz CT molecular complexity index is 1470. The average Bonchev–Trinajstić information content (AvgIpc) is 3.07. The van der Waals surface area contributed by atoms with Crippen LogP contribution in [0.1, 0.15) is 86.0 Å². The van der Waals surface area contributed by atoms with Crippen LogP contribution in [0, 0.1) is 116 Å². The van der Waals surface area contributed by atoms with E-state index in [2.05, 4.69) is 37.2 Å². The molecular weight excluding hydrogens is 1340 g/mol. The Hall–Kier alpha value is 2.06. The van der Waals surface area contributed by atoms with Crippen LogP contribution in [0.3, 0.4) is 0 Å². The van der Waals surface area contributed by atoms with E-state index in [0.717, 1.165) is 0 Å². The molecule has 10 atom stereocenters. The first kappa shape index (κ1) is 52.1. The number of thioether (sulfide) groups is 1. The van der Waals surface area contributed by atoms with Gasteiger partial charge in [-0.15, -0.1) is 11.8 Å². The minimum absolute atomic E-state index is 0. The molecule has 3 aliphatic carbocycles. The molecule has 3 N–H and O–H groups in total. The van der Waals surface area contributed by atoms with Gasteiger partial charge in [0.2, 0.25) is 0 Å². The van der Waals surface area contributed by atoms with Crippen molar-refractivity contribution in [2.45, 2.75) is 117 Å². The first-order valence-electron chi connectivity index (χ1n) is 16.6. The number of carbonyl (C=O) groups excluding carboxylic acids is 3. The molecule has 15 heteroatoms. The molecule has 1 aliphatic heterocycles. The van der Waals surface area contributed by atoms with E-state index in [1.165, 1.54) is 11.8 Å². The first-order chi connectivity index (χ1) is 22.8. The molecule has 3 fully saturated rings. The second-order valence-electron chi connectivity index (χ2n) is 15.2. The second-order valence-corrected chi connectivity index (χ2v) is 16.0. The van der Waals surface area contributed by atoms with Crippen LogP contribution < -0.4 is 0 Å². The second kappa shape index (κ2) is 19.9. The van der Waals surface area contributed by atoms with Crippen molar-refractivity contribution in [3.63, 3.8) is 0 Å². The fourth-order valence-electron chi connectivity index (χ4n) is 8.71. The Morgan fingerprint density at radius 2 is 1.60 bits per heavy atom. The van der Waals surface area contributed by atoms with Crippen molar-refractivity contribution in [1.82, 2.24) is 0 Å². The van der Waals surface area contributed by atoms with Crippen molar-refractivity contribution in [3.05, 3.63) is 47.0 Å². The average molecular weight is 1400 g/mol. The quantitative estimate of drug-likeness (QED) is 0.114. The smallest absolute Gasteiger partial charge is 0.338 e. The number of benzene rings is 1. The predicted molar refractivity (Wildman–Crippen MR) is 210 cm³/mol. The minimum Gasteiger partial charge on any atom is -0.458 e. The summed E-state index contributed by atoms with van der Waals surface area (Å²) in [5.41, 5.74) is -7.86. The summed E-state index contributed by atoms with van der Waals surface area (Å²) in [4.78, 5) is 42.4. The molecule has 1 heterocycles. The molecule has 0 amide bonds. The maximum absolute atomic E-state index is 15.1. The Balaban J connectivity index is 0.00000266. The summed E-state index contributed by atoms with van der Waals surface area (Å²) in [5.74, 6) is -2.19. The first-order valence-corrected chi connectivity index (χ1v) is 24.2. The summed E-state index contributed by atoms with van der Waals surface area (Å²) in [6, 6.07) is 8.30. The van der Waals surface area contributed by atoms with Crippen LogP contribution >= 0.6 is 49.0 Å². The topological polar surface area (TPSA) is 149 Å². The Kier molecular flexibility index (Phi) is 19.9. The van der Waals surface area contributed by atoms with Crippen LogP contribution in [0.4, 0.5) is 0 Å². The molecule has 0 spiro atoms. The minimum atomic E-state index is -2.08. The number of ether oxygens (including phenoxy) is 4. The van der Waals surface area contributed by atoms with Gasteiger partial charge >= 0.3 is 11.9 Å². The third kappa shape index (κ3) is 8.28. The molecule has 52 heavy (non-hydrogen) atoms. The van der Waals surface area contributed by atoms with Crippen molar-refractivity contribution in [2.75, 3.05) is 18.8 Å². The van der Waals surface area contributed by atoms with Gasteiger partial charge in [-0.25, -0.2) is 4.79 Å². The maximum atomic E-state index is 15.1. The van der Waals surface area contributed by atoms with E-state index in [-0.39, 0.29) is 138 Å². The molecular formula is C37H54Ac2I2O10S. The van der Waals surface area contributed by atoms with Crippen LogP contribution in [0.5, 0.6) is 0 Å². The van der Waals surface area contributed by atoms with E-state index in [9.17, 15) is 24.9 Å². The molecule has 0 aromatic heterocycles. The zero-order valence-corrected chi connectivity index (χ0v) is 45.4. The summed E-state index contributed by atoms with van der Waals surface area (Å²) in [7, 11) is 0. The molecule has 5 rings (SSSR count). The van der Waals surface area contributed by atoms with Gasteiger partial charge in [0.25, 0.3) is 0 Å². The van der Waals surface area contributed by atoms with Crippen LogP contribution in [0.15, 0.2) is 41.5 Å². The summed E-state index contributed by atoms with van der Waals surface area (Å²) in [6.07, 6.45) is -4.28. The van der Waals surface area contributed by atoms with Crippen molar-refractivity contribution in [3.8, 4) is 0 Å². The normalized spacial score (nSPS) is 36.2. The van der Waals surface area contributed by atoms with Crippen molar-refractivity contribution in [2.24, 2.45) is 28.1 Å². The number of Topliss-reactive ketones (excluding diaryl/α,β-unsaturated/α-hetero) is 1. The zero-order valence-electron chi connectivity index (χ0n) is 30.8. The van der Waals surface area contributed by atoms with E-state index < -0.39 is 81.6 Å². The SMILES string of the molecule is C.CSCOC1CC2OC[C@@]2(O)C2(C)C(OC(=O)c3ccccc3)C3(O)CC(OC(=O)[C@H](C)C(C)C)C(C)=C(C(O)C(=O)[C@]12C)C3(C)C.II.[Ac].[Ac]. The van der Waals surface area contributed by atoms with Crippen molar-refractivity contribution < 1.29 is 137 Å². The van der Waals surface area contributed by atoms with Gasteiger partial charge in [0.05, 0.1) is 47.1 Å². The predicted octanol–water partition coefficient (Wildman–Crippen LogP) is 6.50. The number of hydrogen-bond donors (Lipinski definition) is 3. The number of rotatable bonds is 8. The fraction of sp³-hybridized carbons (Fsp3) is 0.703. The van der Waals surface area contributed by atoms with Gasteiger partial charge in [-0.3, -0.25) is 9.59 Å². The molecule has 7 unspecified atom stereocenters. The van der Waals surface area contributed by atoms with Crippen LogP contribution in [-0.2, 0) is 28.5 Å². The Morgan fingerprint density at radius 3 is 2.10 bits per heavy atom. The van der Waals surface area contributed by atoms with E-state index in [1.807, 2.05) is 20.1 Å². The van der Waals surface area contributed by atoms with E-state index >= 15 is 4.79 Å². The van der Waals surface area contributed by atoms with Gasteiger partial charge in [-0.05, 0) is 49.3 Å². The van der Waals surface area contributed by atoms with Gasteiger partial charge in [-0.1, -0.05) is 67.2 Å². The molecule has 288 valence electrons. The number of halogens is 2. The zero-order chi connectivity index (χ0) is 36.9. The largest absolute Gasteiger partial charge is 0.458 e. The van der Waals surface area contributed by atoms with Gasteiger partial charge in [0.1, 0.15) is 29.5 Å². The van der Waals surface area contributed by atoms with Crippen molar-refractivity contribution >= 4 is 66.7 Å². The number of aliphatic hydroxyl groups excluding tert-OH is 1. The number of ketones is 1. The van der Waals surface area contributed by atoms with E-state index in [0.29, 0.717) is 5.57 Å². The Labute approximate surface area is 408 Å². The van der Waals surface area contributed by atoms with Crippen molar-refractivity contribution in [1.29, 1.82) is 0 Å². The standard InChI is InChI=1S/C36H50O10S.CH4.2Ac.I2/c1-19(2)20(3)29(39)45-23-16-35(41)31(46-30(40)22-13-11-10-12-14-22)34(8)33(7,28(38)27(37)26(21(23)4)32(35,5)6)24(44-18-47-9)15-25-36(34,42)17-43-25;;;;1-2/h10-14,19-20,23-25,27,31,37,41-42H,15-18H2,1-9H3;1H4;;;/t20-,23?,24?,25?,27?,31?,33+,34?,35?,36+;;;;/m1..../s1. The molecule has 2 saturated carbocycles. The number of hydrogen-bond acceptors (Lipinski definition) is 11. The molecule has 1 aromatic carbocycles. The number of esters is 2. The molecule has 1 saturated heterocycles. The van der Waals surface area contributed by atoms with Crippen LogP contribution in [0.2, 0.25) is 0 Å². The van der Waals surface area contributed by atoms with Gasteiger partial charge < -0.3 is 34.3 Å². The summed E-state index contributed by atoms with van der Waals surface area (Å²) >= 11 is 5.65.